The minimum Gasteiger partial charge on any atom is -0.462 e. The maximum Gasteiger partial charge on any atom is 0.310 e. The van der Waals surface area contributed by atoms with E-state index < -0.39 is 6.10 Å². The molecule has 0 N–H and O–H groups in total. The van der Waals surface area contributed by atoms with Gasteiger partial charge in [0.25, 0.3) is 0 Å². The molecule has 0 heterocycles. The monoisotopic (exact) mass is 917 g/mol. The fraction of sp³-hybridized carbons (Fsp3) is 0.705. The summed E-state index contributed by atoms with van der Waals surface area (Å²) in [7, 11) is 0. The van der Waals surface area contributed by atoms with Crippen molar-refractivity contribution in [1.29, 1.82) is 0 Å². The summed E-state index contributed by atoms with van der Waals surface area (Å²) >= 11 is 0. The number of hydrogen-bond donors (Lipinski definition) is 0. The molecule has 0 fully saturated rings. The first-order valence-electron chi connectivity index (χ1n) is 27.8. The molecule has 0 amide bonds. The Labute approximate surface area is 409 Å². The predicted molar refractivity (Wildman–Crippen MR) is 288 cm³/mol. The number of carbonyl (C=O) groups is 2. The predicted octanol–water partition coefficient (Wildman–Crippen LogP) is 19.0. The molecule has 5 nitrogen and oxygen atoms in total. The van der Waals surface area contributed by atoms with Crippen molar-refractivity contribution < 1.29 is 23.8 Å². The van der Waals surface area contributed by atoms with E-state index in [0.29, 0.717) is 13.0 Å². The lowest BCUT2D eigenvalue weighted by Gasteiger charge is -2.18. The van der Waals surface area contributed by atoms with E-state index in [-0.39, 0.29) is 31.6 Å². The molecule has 0 aromatic carbocycles. The first-order chi connectivity index (χ1) is 32.6. The third kappa shape index (κ3) is 53.4. The Morgan fingerprint density at radius 2 is 0.727 bits per heavy atom. The Balaban J connectivity index is 4.39. The molecule has 378 valence electrons. The highest BCUT2D eigenvalue weighted by Crippen LogP contribution is 2.14. The zero-order chi connectivity index (χ0) is 47.7. The first kappa shape index (κ1) is 62.8. The zero-order valence-electron chi connectivity index (χ0n) is 43.4. The zero-order valence-corrected chi connectivity index (χ0v) is 43.4. The van der Waals surface area contributed by atoms with Gasteiger partial charge >= 0.3 is 11.9 Å². The minimum absolute atomic E-state index is 0.0366. The average Bonchev–Trinajstić information content (AvgIpc) is 3.32. The van der Waals surface area contributed by atoms with Crippen molar-refractivity contribution in [3.63, 3.8) is 0 Å². The van der Waals surface area contributed by atoms with Crippen LogP contribution in [0.1, 0.15) is 252 Å². The van der Waals surface area contributed by atoms with Gasteiger partial charge < -0.3 is 14.2 Å². The van der Waals surface area contributed by atoms with Crippen LogP contribution in [0.3, 0.4) is 0 Å². The van der Waals surface area contributed by atoms with Gasteiger partial charge in [-0.15, -0.1) is 0 Å². The molecule has 0 aliphatic rings. The Morgan fingerprint density at radius 1 is 0.364 bits per heavy atom. The van der Waals surface area contributed by atoms with Gasteiger partial charge in [-0.05, 0) is 103 Å². The number of allylic oxidation sites excluding steroid dienone is 15. The minimum atomic E-state index is -0.601. The summed E-state index contributed by atoms with van der Waals surface area (Å²) in [4.78, 5) is 25.4. The van der Waals surface area contributed by atoms with Gasteiger partial charge in [0, 0.05) is 13.0 Å². The maximum atomic E-state index is 12.8. The van der Waals surface area contributed by atoms with Crippen molar-refractivity contribution in [1.82, 2.24) is 0 Å². The number of ether oxygens (including phenoxy) is 3. The third-order valence-corrected chi connectivity index (χ3v) is 11.6. The van der Waals surface area contributed by atoms with Gasteiger partial charge in [0.2, 0.25) is 0 Å². The fourth-order valence-electron chi connectivity index (χ4n) is 7.49. The molecule has 0 aliphatic carbocycles. The summed E-state index contributed by atoms with van der Waals surface area (Å²) in [5, 5.41) is 0. The first-order valence-corrected chi connectivity index (χ1v) is 27.8. The van der Waals surface area contributed by atoms with E-state index in [1.165, 1.54) is 148 Å². The van der Waals surface area contributed by atoms with Crippen LogP contribution in [0.4, 0.5) is 0 Å². The number of rotatable bonds is 50. The lowest BCUT2D eigenvalue weighted by Crippen LogP contribution is -2.29. The molecule has 0 aromatic rings. The van der Waals surface area contributed by atoms with Crippen LogP contribution in [0.25, 0.3) is 0 Å². The third-order valence-electron chi connectivity index (χ3n) is 11.6. The van der Waals surface area contributed by atoms with E-state index in [0.717, 1.165) is 70.6 Å². The molecule has 0 saturated heterocycles. The van der Waals surface area contributed by atoms with Crippen molar-refractivity contribution in [2.45, 2.75) is 258 Å². The van der Waals surface area contributed by atoms with E-state index in [1.807, 2.05) is 12.2 Å². The molecule has 0 saturated carbocycles. The summed E-state index contributed by atoms with van der Waals surface area (Å²) in [5.74, 6) is -0.553. The summed E-state index contributed by atoms with van der Waals surface area (Å²) in [6, 6.07) is 0. The summed E-state index contributed by atoms with van der Waals surface area (Å²) in [5.41, 5.74) is 0. The lowest BCUT2D eigenvalue weighted by molar-refractivity contribution is -0.162. The van der Waals surface area contributed by atoms with Crippen LogP contribution in [0.5, 0.6) is 0 Å². The van der Waals surface area contributed by atoms with E-state index in [4.69, 9.17) is 14.2 Å². The highest BCUT2D eigenvalue weighted by molar-refractivity contribution is 5.71. The largest absolute Gasteiger partial charge is 0.462 e. The second kappa shape index (κ2) is 56.1. The molecule has 1 atom stereocenters. The Kier molecular flexibility index (Phi) is 53.4. The van der Waals surface area contributed by atoms with E-state index in [1.54, 1.807) is 0 Å². The van der Waals surface area contributed by atoms with Crippen LogP contribution < -0.4 is 0 Å². The summed E-state index contributed by atoms with van der Waals surface area (Å²) in [6.45, 7) is 7.57. The molecule has 66 heavy (non-hydrogen) atoms. The van der Waals surface area contributed by atoms with Gasteiger partial charge in [-0.25, -0.2) is 0 Å². The number of unbranched alkanes of at least 4 members (excludes halogenated alkanes) is 24. The molecule has 0 rings (SSSR count). The second-order valence-corrected chi connectivity index (χ2v) is 18.1. The molecule has 0 aromatic heterocycles. The topological polar surface area (TPSA) is 61.8 Å². The van der Waals surface area contributed by atoms with Gasteiger partial charge in [-0.1, -0.05) is 234 Å². The smallest absolute Gasteiger partial charge is 0.310 e. The van der Waals surface area contributed by atoms with Crippen molar-refractivity contribution in [2.75, 3.05) is 19.8 Å². The Bertz CT molecular complexity index is 1270. The molecule has 1 unspecified atom stereocenters. The van der Waals surface area contributed by atoms with Crippen molar-refractivity contribution in [3.8, 4) is 0 Å². The number of hydrogen-bond acceptors (Lipinski definition) is 5. The van der Waals surface area contributed by atoms with Gasteiger partial charge in [0.1, 0.15) is 6.61 Å². The number of carbonyl (C=O) groups excluding carboxylic acids is 2. The molecule has 0 spiro atoms. The van der Waals surface area contributed by atoms with Crippen LogP contribution in [0.2, 0.25) is 0 Å². The van der Waals surface area contributed by atoms with Gasteiger partial charge in [0.15, 0.2) is 6.10 Å². The highest BCUT2D eigenvalue weighted by Gasteiger charge is 2.17. The Hall–Kier alpha value is -3.18. The van der Waals surface area contributed by atoms with E-state index in [9.17, 15) is 9.59 Å². The van der Waals surface area contributed by atoms with Crippen molar-refractivity contribution in [3.05, 3.63) is 97.2 Å². The van der Waals surface area contributed by atoms with Gasteiger partial charge in [-0.2, -0.15) is 0 Å². The molecular weight excluding hydrogens is 813 g/mol. The second-order valence-electron chi connectivity index (χ2n) is 18.1. The van der Waals surface area contributed by atoms with Crippen LogP contribution in [0.15, 0.2) is 97.2 Å². The van der Waals surface area contributed by atoms with Crippen LogP contribution in [-0.2, 0) is 23.8 Å². The molecule has 0 bridgehead atoms. The Morgan fingerprint density at radius 3 is 1.21 bits per heavy atom. The van der Waals surface area contributed by atoms with E-state index >= 15 is 0 Å². The molecule has 0 radical (unpaired) electrons. The summed E-state index contributed by atoms with van der Waals surface area (Å²) in [6.07, 6.45) is 75.9. The molecular formula is C61H104O5. The van der Waals surface area contributed by atoms with Crippen molar-refractivity contribution in [2.24, 2.45) is 0 Å². The van der Waals surface area contributed by atoms with Crippen molar-refractivity contribution >= 4 is 11.9 Å². The lowest BCUT2D eigenvalue weighted by atomic mass is 10.1. The van der Waals surface area contributed by atoms with E-state index in [2.05, 4.69) is 106 Å². The molecule has 5 heteroatoms. The summed E-state index contributed by atoms with van der Waals surface area (Å²) < 4.78 is 17.3. The van der Waals surface area contributed by atoms with Crippen LogP contribution >= 0.6 is 0 Å². The van der Waals surface area contributed by atoms with Gasteiger partial charge in [-0.3, -0.25) is 9.59 Å². The van der Waals surface area contributed by atoms with Crippen LogP contribution in [0, 0.1) is 0 Å². The standard InChI is InChI=1S/C61H104O5/c1-4-7-10-13-16-19-22-25-28-30-32-35-38-41-44-47-50-53-56-64-57-59(66-61(63)55-52-49-46-43-40-37-33-27-24-21-18-15-12-9-6-3)58-65-60(62)54-51-48-45-42-39-36-34-31-29-26-23-20-17-14-11-8-5-2/h9,12,17-18,20-21,25-29,33,40,43,49,52,59H,4-8,10-11,13-16,19,22-24,30-32,34-39,41-42,44-48,50-51,53-58H2,1-3H3/b12-9-,20-17-,21-18-,28-25-,29-26-,33-27-,43-40-,52-49-. The average molecular weight is 917 g/mol. The van der Waals surface area contributed by atoms with Crippen LogP contribution in [-0.4, -0.2) is 37.9 Å². The fourth-order valence-corrected chi connectivity index (χ4v) is 7.49. The maximum absolute atomic E-state index is 12.8. The van der Waals surface area contributed by atoms with Gasteiger partial charge in [0.05, 0.1) is 13.0 Å². The quantitative estimate of drug-likeness (QED) is 0.0346. The SMILES string of the molecule is CC/C=C\C/C=C\C/C=C\C/C=C\C/C=C\CC(=O)OC(COCCCCCCCCCC/C=C\CCCCCCCC)COC(=O)CCCCCCCCC/C=C\C/C=C\CCCCC. The normalized spacial score (nSPS) is 13.0. The highest BCUT2D eigenvalue weighted by atomic mass is 16.6. The molecule has 0 aliphatic heterocycles. The number of esters is 2.